The molecule has 0 bridgehead atoms. The summed E-state index contributed by atoms with van der Waals surface area (Å²) in [5.41, 5.74) is 0.788. The maximum absolute atomic E-state index is 10.8. The van der Waals surface area contributed by atoms with Crippen molar-refractivity contribution < 1.29 is 9.90 Å². The molecule has 84 valence electrons. The minimum Gasteiger partial charge on any atom is -0.480 e. The number of benzene rings is 1. The fourth-order valence-corrected chi connectivity index (χ4v) is 2.91. The van der Waals surface area contributed by atoms with Gasteiger partial charge >= 0.3 is 5.97 Å². The van der Waals surface area contributed by atoms with Crippen molar-refractivity contribution in [3.05, 3.63) is 23.2 Å². The lowest BCUT2D eigenvalue weighted by Crippen LogP contribution is -2.38. The van der Waals surface area contributed by atoms with Crippen molar-refractivity contribution >= 4 is 52.2 Å². The van der Waals surface area contributed by atoms with E-state index in [-0.39, 0.29) is 6.54 Å². The molecule has 1 heterocycles. The third-order valence-corrected chi connectivity index (χ3v) is 4.01. The zero-order chi connectivity index (χ0) is 11.7. The molecule has 1 aromatic carbocycles. The van der Waals surface area contributed by atoms with Crippen LogP contribution in [0.25, 0.3) is 0 Å². The SMILES string of the molecule is O=C(O)CN1C(=S)CSc2ccc(Cl)cc21. The maximum Gasteiger partial charge on any atom is 0.323 e. The van der Waals surface area contributed by atoms with Crippen LogP contribution in [0, 0.1) is 0 Å². The van der Waals surface area contributed by atoms with E-state index in [0.717, 1.165) is 10.6 Å². The first-order valence-electron chi connectivity index (χ1n) is 4.52. The smallest absolute Gasteiger partial charge is 0.323 e. The van der Waals surface area contributed by atoms with Gasteiger partial charge in [0, 0.05) is 15.7 Å². The molecule has 0 radical (unpaired) electrons. The molecule has 0 aliphatic carbocycles. The van der Waals surface area contributed by atoms with E-state index in [1.165, 1.54) is 0 Å². The van der Waals surface area contributed by atoms with Gasteiger partial charge in [0.1, 0.15) is 6.54 Å². The Hall–Kier alpha value is -0.780. The number of carboxylic acid groups (broad SMARTS) is 1. The Morgan fingerprint density at radius 1 is 1.62 bits per heavy atom. The third-order valence-electron chi connectivity index (χ3n) is 2.16. The van der Waals surface area contributed by atoms with Crippen molar-refractivity contribution in [3.63, 3.8) is 0 Å². The Morgan fingerprint density at radius 3 is 3.06 bits per heavy atom. The number of anilines is 1. The Balaban J connectivity index is 2.42. The monoisotopic (exact) mass is 273 g/mol. The molecule has 1 N–H and O–H groups in total. The number of fused-ring (bicyclic) bond motifs is 1. The zero-order valence-electron chi connectivity index (χ0n) is 8.14. The topological polar surface area (TPSA) is 40.5 Å². The van der Waals surface area contributed by atoms with Crippen LogP contribution in [0.2, 0.25) is 5.02 Å². The number of thiocarbonyl (C=S) groups is 1. The molecule has 0 spiro atoms. The number of hydrogen-bond donors (Lipinski definition) is 1. The highest BCUT2D eigenvalue weighted by Crippen LogP contribution is 2.37. The Bertz CT molecular complexity index is 464. The fraction of sp³-hybridized carbons (Fsp3) is 0.200. The third kappa shape index (κ3) is 2.31. The van der Waals surface area contributed by atoms with E-state index in [2.05, 4.69) is 0 Å². The molecule has 0 unspecified atom stereocenters. The molecule has 1 aliphatic rings. The Labute approximate surface area is 107 Å². The summed E-state index contributed by atoms with van der Waals surface area (Å²) in [6.07, 6.45) is 0. The molecule has 1 aromatic rings. The van der Waals surface area contributed by atoms with Crippen molar-refractivity contribution in [2.45, 2.75) is 4.90 Å². The van der Waals surface area contributed by atoms with Gasteiger partial charge in [-0.15, -0.1) is 11.8 Å². The highest BCUT2D eigenvalue weighted by molar-refractivity contribution is 8.01. The first kappa shape index (κ1) is 11.7. The van der Waals surface area contributed by atoms with Gasteiger partial charge < -0.3 is 10.0 Å². The largest absolute Gasteiger partial charge is 0.480 e. The molecular formula is C10H8ClNO2S2. The van der Waals surface area contributed by atoms with Crippen LogP contribution in [0.4, 0.5) is 5.69 Å². The van der Waals surface area contributed by atoms with Crippen molar-refractivity contribution in [3.8, 4) is 0 Å². The molecule has 0 saturated carbocycles. The van der Waals surface area contributed by atoms with Crippen LogP contribution in [-0.4, -0.2) is 28.4 Å². The molecular weight excluding hydrogens is 266 g/mol. The lowest BCUT2D eigenvalue weighted by Gasteiger charge is -2.29. The van der Waals surface area contributed by atoms with Gasteiger partial charge in [0.15, 0.2) is 0 Å². The van der Waals surface area contributed by atoms with Crippen molar-refractivity contribution in [1.82, 2.24) is 0 Å². The van der Waals surface area contributed by atoms with Crippen molar-refractivity contribution in [2.75, 3.05) is 17.2 Å². The minimum absolute atomic E-state index is 0.118. The van der Waals surface area contributed by atoms with Gasteiger partial charge in [-0.05, 0) is 18.2 Å². The second-order valence-corrected chi connectivity index (χ2v) is 5.20. The summed E-state index contributed by atoms with van der Waals surface area (Å²) in [5.74, 6) is -0.266. The number of thioether (sulfide) groups is 1. The quantitative estimate of drug-likeness (QED) is 0.839. The molecule has 3 nitrogen and oxygen atoms in total. The predicted molar refractivity (Wildman–Crippen MR) is 69.8 cm³/mol. The summed E-state index contributed by atoms with van der Waals surface area (Å²) >= 11 is 12.7. The van der Waals surface area contributed by atoms with Crippen LogP contribution >= 0.6 is 35.6 Å². The number of carbonyl (C=O) groups is 1. The first-order chi connectivity index (χ1) is 7.58. The van der Waals surface area contributed by atoms with E-state index in [4.69, 9.17) is 28.9 Å². The average molecular weight is 274 g/mol. The van der Waals surface area contributed by atoms with Crippen LogP contribution in [0.3, 0.4) is 0 Å². The van der Waals surface area contributed by atoms with Gasteiger partial charge in [0.05, 0.1) is 10.7 Å². The van der Waals surface area contributed by atoms with Gasteiger partial charge in [-0.1, -0.05) is 23.8 Å². The predicted octanol–water partition coefficient (Wildman–Crippen LogP) is 2.66. The fourth-order valence-electron chi connectivity index (χ4n) is 1.48. The molecule has 2 rings (SSSR count). The van der Waals surface area contributed by atoms with Crippen molar-refractivity contribution in [2.24, 2.45) is 0 Å². The van der Waals surface area contributed by atoms with Crippen LogP contribution in [0.15, 0.2) is 23.1 Å². The van der Waals surface area contributed by atoms with E-state index in [1.54, 1.807) is 28.8 Å². The van der Waals surface area contributed by atoms with E-state index in [0.29, 0.717) is 15.8 Å². The molecule has 0 fully saturated rings. The van der Waals surface area contributed by atoms with Gasteiger partial charge in [-0.25, -0.2) is 0 Å². The number of rotatable bonds is 2. The highest BCUT2D eigenvalue weighted by atomic mass is 35.5. The lowest BCUT2D eigenvalue weighted by atomic mass is 10.2. The van der Waals surface area contributed by atoms with Gasteiger partial charge in [-0.3, -0.25) is 4.79 Å². The van der Waals surface area contributed by atoms with Gasteiger partial charge in [0.25, 0.3) is 0 Å². The normalized spacial score (nSPS) is 14.8. The summed E-state index contributed by atoms with van der Waals surface area (Å²) in [7, 11) is 0. The standard InChI is InChI=1S/C10H8ClNO2S2/c11-6-1-2-8-7(3-6)12(4-10(13)14)9(15)5-16-8/h1-3H,4-5H2,(H,13,14). The second-order valence-electron chi connectivity index (χ2n) is 3.27. The first-order valence-corrected chi connectivity index (χ1v) is 6.29. The van der Waals surface area contributed by atoms with Crippen LogP contribution in [0.1, 0.15) is 0 Å². The van der Waals surface area contributed by atoms with Crippen LogP contribution in [-0.2, 0) is 4.79 Å². The molecule has 6 heteroatoms. The summed E-state index contributed by atoms with van der Waals surface area (Å²) in [5, 5.41) is 9.42. The number of halogens is 1. The summed E-state index contributed by atoms with van der Waals surface area (Å²) < 4.78 is 0. The lowest BCUT2D eigenvalue weighted by molar-refractivity contribution is -0.135. The van der Waals surface area contributed by atoms with E-state index >= 15 is 0 Å². The van der Waals surface area contributed by atoms with Gasteiger partial charge in [-0.2, -0.15) is 0 Å². The van der Waals surface area contributed by atoms with E-state index in [9.17, 15) is 4.79 Å². The molecule has 0 saturated heterocycles. The summed E-state index contributed by atoms with van der Waals surface area (Å²) in [6, 6.07) is 5.43. The number of nitrogens with zero attached hydrogens (tertiary/aromatic N) is 1. The minimum atomic E-state index is -0.903. The number of carboxylic acids is 1. The van der Waals surface area contributed by atoms with Crippen molar-refractivity contribution in [1.29, 1.82) is 0 Å². The van der Waals surface area contributed by atoms with E-state index in [1.807, 2.05) is 6.07 Å². The molecule has 16 heavy (non-hydrogen) atoms. The number of hydrogen-bond acceptors (Lipinski definition) is 3. The molecule has 0 atom stereocenters. The molecule has 0 amide bonds. The molecule has 0 aromatic heterocycles. The Kier molecular flexibility index (Phi) is 3.37. The Morgan fingerprint density at radius 2 is 2.38 bits per heavy atom. The highest BCUT2D eigenvalue weighted by Gasteiger charge is 2.23. The van der Waals surface area contributed by atoms with E-state index < -0.39 is 5.97 Å². The van der Waals surface area contributed by atoms with Gasteiger partial charge in [0.2, 0.25) is 0 Å². The summed E-state index contributed by atoms with van der Waals surface area (Å²) in [4.78, 5) is 14.0. The second kappa shape index (κ2) is 4.61. The van der Waals surface area contributed by atoms with Crippen LogP contribution in [0.5, 0.6) is 0 Å². The summed E-state index contributed by atoms with van der Waals surface area (Å²) in [6.45, 7) is -0.118. The maximum atomic E-state index is 10.8. The zero-order valence-corrected chi connectivity index (χ0v) is 10.5. The van der Waals surface area contributed by atoms with Crippen LogP contribution < -0.4 is 4.90 Å². The average Bonchev–Trinajstić information content (AvgIpc) is 2.22. The number of aliphatic carboxylic acids is 1. The molecule has 1 aliphatic heterocycles.